The third-order valence-electron chi connectivity index (χ3n) is 3.01. The number of hydrogen-bond acceptors (Lipinski definition) is 3. The van der Waals surface area contributed by atoms with Gasteiger partial charge in [-0.15, -0.1) is 11.3 Å². The zero-order valence-corrected chi connectivity index (χ0v) is 12.7. The molecule has 0 bridgehead atoms. The Morgan fingerprint density at radius 2 is 2.00 bits per heavy atom. The quantitative estimate of drug-likeness (QED) is 0.770. The summed E-state index contributed by atoms with van der Waals surface area (Å²) in [5.74, 6) is 0.455. The molecule has 0 amide bonds. The molecule has 0 radical (unpaired) electrons. The number of hydrogen-bond donors (Lipinski definition) is 1. The third-order valence-corrected chi connectivity index (χ3v) is 4.10. The minimum Gasteiger partial charge on any atom is -0.489 e. The van der Waals surface area contributed by atoms with E-state index in [0.29, 0.717) is 12.4 Å². The van der Waals surface area contributed by atoms with Gasteiger partial charge in [0.1, 0.15) is 18.2 Å². The molecular formula is C16H20FNOS. The summed E-state index contributed by atoms with van der Waals surface area (Å²) in [6.45, 7) is 6.75. The lowest BCUT2D eigenvalue weighted by Crippen LogP contribution is -2.12. The molecule has 1 aromatic carbocycles. The maximum Gasteiger partial charge on any atom is 0.123 e. The van der Waals surface area contributed by atoms with E-state index in [0.717, 1.165) is 19.5 Å². The van der Waals surface area contributed by atoms with E-state index in [1.165, 1.54) is 27.5 Å². The zero-order valence-electron chi connectivity index (χ0n) is 11.9. The van der Waals surface area contributed by atoms with Gasteiger partial charge in [0, 0.05) is 21.9 Å². The fourth-order valence-electron chi connectivity index (χ4n) is 1.90. The molecule has 0 aliphatic carbocycles. The van der Waals surface area contributed by atoms with Gasteiger partial charge in [0.15, 0.2) is 0 Å². The molecule has 1 heterocycles. The molecule has 0 spiro atoms. The highest BCUT2D eigenvalue weighted by Gasteiger charge is 2.06. The molecule has 1 aromatic heterocycles. The summed E-state index contributed by atoms with van der Waals surface area (Å²) in [6.07, 6.45) is 1.14. The smallest absolute Gasteiger partial charge is 0.123 e. The molecule has 4 heteroatoms. The summed E-state index contributed by atoms with van der Waals surface area (Å²) in [6, 6.07) is 8.32. The van der Waals surface area contributed by atoms with Crippen molar-refractivity contribution < 1.29 is 9.13 Å². The van der Waals surface area contributed by atoms with Crippen LogP contribution < -0.4 is 10.1 Å². The van der Waals surface area contributed by atoms with Crippen LogP contribution in [-0.2, 0) is 13.2 Å². The zero-order chi connectivity index (χ0) is 14.4. The monoisotopic (exact) mass is 293 g/mol. The van der Waals surface area contributed by atoms with E-state index in [4.69, 9.17) is 4.74 Å². The van der Waals surface area contributed by atoms with E-state index < -0.39 is 0 Å². The van der Waals surface area contributed by atoms with Crippen molar-refractivity contribution in [2.75, 3.05) is 6.54 Å². The Morgan fingerprint density at radius 1 is 1.25 bits per heavy atom. The average molecular weight is 293 g/mol. The Balaban J connectivity index is 1.90. The Bertz CT molecular complexity index is 536. The van der Waals surface area contributed by atoms with Crippen molar-refractivity contribution in [2.45, 2.75) is 33.4 Å². The maximum absolute atomic E-state index is 12.8. The van der Waals surface area contributed by atoms with Crippen molar-refractivity contribution >= 4 is 11.3 Å². The van der Waals surface area contributed by atoms with Crippen LogP contribution in [-0.4, -0.2) is 6.54 Å². The highest BCUT2D eigenvalue weighted by atomic mass is 32.1. The second kappa shape index (κ2) is 7.41. The first kappa shape index (κ1) is 15.0. The number of aryl methyl sites for hydroxylation is 1. The summed E-state index contributed by atoms with van der Waals surface area (Å²) in [7, 11) is 0. The number of nitrogens with one attached hydrogen (secondary N) is 1. The van der Waals surface area contributed by atoms with Crippen LogP contribution in [0.3, 0.4) is 0 Å². The van der Waals surface area contributed by atoms with Crippen molar-refractivity contribution in [2.24, 2.45) is 0 Å². The summed E-state index contributed by atoms with van der Waals surface area (Å²) >= 11 is 1.80. The molecular weight excluding hydrogens is 273 g/mol. The number of rotatable bonds is 7. The third kappa shape index (κ3) is 4.32. The van der Waals surface area contributed by atoms with Gasteiger partial charge in [-0.2, -0.15) is 0 Å². The summed E-state index contributed by atoms with van der Waals surface area (Å²) in [4.78, 5) is 2.61. The molecule has 2 nitrogen and oxygen atoms in total. The van der Waals surface area contributed by atoms with Crippen molar-refractivity contribution in [3.05, 3.63) is 51.5 Å². The summed E-state index contributed by atoms with van der Waals surface area (Å²) < 4.78 is 18.5. The molecule has 20 heavy (non-hydrogen) atoms. The Kier molecular flexibility index (Phi) is 5.56. The number of halogens is 1. The van der Waals surface area contributed by atoms with Crippen LogP contribution in [0.1, 0.15) is 28.7 Å². The van der Waals surface area contributed by atoms with Gasteiger partial charge in [-0.25, -0.2) is 4.39 Å². The van der Waals surface area contributed by atoms with E-state index in [9.17, 15) is 4.39 Å². The van der Waals surface area contributed by atoms with E-state index in [1.807, 2.05) is 0 Å². The molecule has 108 valence electrons. The predicted molar refractivity (Wildman–Crippen MR) is 81.8 cm³/mol. The van der Waals surface area contributed by atoms with E-state index in [2.05, 4.69) is 25.2 Å². The first-order chi connectivity index (χ1) is 9.69. The van der Waals surface area contributed by atoms with Crippen LogP contribution in [0.4, 0.5) is 4.39 Å². The highest BCUT2D eigenvalue weighted by molar-refractivity contribution is 7.12. The van der Waals surface area contributed by atoms with Gasteiger partial charge in [-0.3, -0.25) is 0 Å². The van der Waals surface area contributed by atoms with Crippen LogP contribution in [0.2, 0.25) is 0 Å². The molecule has 2 aromatic rings. The lowest BCUT2D eigenvalue weighted by molar-refractivity contribution is 0.305. The van der Waals surface area contributed by atoms with Crippen LogP contribution in [0.15, 0.2) is 30.3 Å². The molecule has 0 aliphatic heterocycles. The lowest BCUT2D eigenvalue weighted by Gasteiger charge is -2.05. The lowest BCUT2D eigenvalue weighted by atomic mass is 10.2. The molecule has 2 rings (SSSR count). The standard InChI is InChI=1S/C16H20FNOS/c1-3-8-18-10-16-9-13(12(2)20-16)11-19-15-6-4-14(17)5-7-15/h4-7,9,18H,3,8,10-11H2,1-2H3. The van der Waals surface area contributed by atoms with Crippen molar-refractivity contribution in [1.82, 2.24) is 5.32 Å². The van der Waals surface area contributed by atoms with Gasteiger partial charge in [0.05, 0.1) is 0 Å². The van der Waals surface area contributed by atoms with Crippen LogP contribution in [0.25, 0.3) is 0 Å². The van der Waals surface area contributed by atoms with Crippen LogP contribution >= 0.6 is 11.3 Å². The SMILES string of the molecule is CCCNCc1cc(COc2ccc(F)cc2)c(C)s1. The average Bonchev–Trinajstić information content (AvgIpc) is 2.79. The van der Waals surface area contributed by atoms with Crippen LogP contribution in [0, 0.1) is 12.7 Å². The van der Waals surface area contributed by atoms with Crippen molar-refractivity contribution in [1.29, 1.82) is 0 Å². The second-order valence-electron chi connectivity index (χ2n) is 4.71. The Labute approximate surface area is 123 Å². The topological polar surface area (TPSA) is 21.3 Å². The highest BCUT2D eigenvalue weighted by Crippen LogP contribution is 2.23. The minimum absolute atomic E-state index is 0.242. The first-order valence-corrected chi connectivity index (χ1v) is 7.68. The van der Waals surface area contributed by atoms with E-state index >= 15 is 0 Å². The van der Waals surface area contributed by atoms with Crippen molar-refractivity contribution in [3.8, 4) is 5.75 Å². The molecule has 0 saturated carbocycles. The first-order valence-electron chi connectivity index (χ1n) is 6.86. The predicted octanol–water partition coefficient (Wildman–Crippen LogP) is 4.27. The van der Waals surface area contributed by atoms with E-state index in [-0.39, 0.29) is 5.82 Å². The Morgan fingerprint density at radius 3 is 2.70 bits per heavy atom. The second-order valence-corrected chi connectivity index (χ2v) is 6.05. The normalized spacial score (nSPS) is 10.8. The fraction of sp³-hybridized carbons (Fsp3) is 0.375. The minimum atomic E-state index is -0.242. The van der Waals surface area contributed by atoms with E-state index in [1.54, 1.807) is 23.5 Å². The molecule has 0 unspecified atom stereocenters. The van der Waals surface area contributed by atoms with Crippen molar-refractivity contribution in [3.63, 3.8) is 0 Å². The summed E-state index contributed by atoms with van der Waals surface area (Å²) in [5, 5.41) is 3.40. The molecule has 1 N–H and O–H groups in total. The maximum atomic E-state index is 12.8. The van der Waals surface area contributed by atoms with Crippen LogP contribution in [0.5, 0.6) is 5.75 Å². The number of thiophene rings is 1. The van der Waals surface area contributed by atoms with Gasteiger partial charge in [0.25, 0.3) is 0 Å². The number of benzene rings is 1. The van der Waals surface area contributed by atoms with Gasteiger partial charge in [0.2, 0.25) is 0 Å². The molecule has 0 atom stereocenters. The summed E-state index contributed by atoms with van der Waals surface area (Å²) in [5.41, 5.74) is 1.20. The fourth-order valence-corrected chi connectivity index (χ4v) is 2.92. The molecule has 0 aliphatic rings. The molecule has 0 fully saturated rings. The molecule has 0 saturated heterocycles. The van der Waals surface area contributed by atoms with Gasteiger partial charge in [-0.05, 0) is 50.2 Å². The largest absolute Gasteiger partial charge is 0.489 e. The van der Waals surface area contributed by atoms with Gasteiger partial charge in [-0.1, -0.05) is 6.92 Å². The van der Waals surface area contributed by atoms with Gasteiger partial charge < -0.3 is 10.1 Å². The number of ether oxygens (including phenoxy) is 1. The van der Waals surface area contributed by atoms with Gasteiger partial charge >= 0.3 is 0 Å². The Hall–Kier alpha value is -1.39.